The Balaban J connectivity index is 1.41. The van der Waals surface area contributed by atoms with Crippen molar-refractivity contribution in [2.45, 2.75) is 18.8 Å². The summed E-state index contributed by atoms with van der Waals surface area (Å²) in [5.41, 5.74) is 2.34. The van der Waals surface area contributed by atoms with Gasteiger partial charge in [0.05, 0.1) is 6.20 Å². The van der Waals surface area contributed by atoms with Crippen molar-refractivity contribution in [2.24, 2.45) is 0 Å². The molecule has 0 radical (unpaired) electrons. The highest BCUT2D eigenvalue weighted by atomic mass is 19.1. The molecular weight excluding hydrogens is 355 g/mol. The molecule has 1 saturated heterocycles. The number of piperidine rings is 1. The predicted octanol–water partition coefficient (Wildman–Crippen LogP) is 4.11. The van der Waals surface area contributed by atoms with Crippen LogP contribution in [0.5, 0.6) is 0 Å². The third-order valence-corrected chi connectivity index (χ3v) is 5.20. The second-order valence-corrected chi connectivity index (χ2v) is 6.92. The molecule has 1 aromatic heterocycles. The maximum Gasteiger partial charge on any atom is 0.253 e. The lowest BCUT2D eigenvalue weighted by Gasteiger charge is -2.31. The highest BCUT2D eigenvalue weighted by Gasteiger charge is 2.26. The van der Waals surface area contributed by atoms with Crippen molar-refractivity contribution < 1.29 is 9.18 Å². The number of likely N-dealkylation sites (tertiary alicyclic amines) is 1. The Hall–Kier alpha value is -3.46. The number of halogens is 1. The van der Waals surface area contributed by atoms with Crippen LogP contribution in [0.25, 0.3) is 11.1 Å². The van der Waals surface area contributed by atoms with Crippen LogP contribution in [0.4, 0.5) is 4.39 Å². The van der Waals surface area contributed by atoms with Gasteiger partial charge in [0.1, 0.15) is 23.4 Å². The van der Waals surface area contributed by atoms with E-state index < -0.39 is 0 Å². The summed E-state index contributed by atoms with van der Waals surface area (Å²) in [5, 5.41) is 8.90. The highest BCUT2D eigenvalue weighted by molar-refractivity contribution is 5.94. The van der Waals surface area contributed by atoms with E-state index in [-0.39, 0.29) is 17.6 Å². The fraction of sp³-hybridized carbons (Fsp3) is 0.227. The molecule has 0 atom stereocenters. The van der Waals surface area contributed by atoms with Gasteiger partial charge >= 0.3 is 0 Å². The largest absolute Gasteiger partial charge is 0.339 e. The summed E-state index contributed by atoms with van der Waals surface area (Å²) in [7, 11) is 0. The molecule has 3 aromatic rings. The minimum absolute atomic E-state index is 0.0179. The van der Waals surface area contributed by atoms with Crippen LogP contribution in [0.2, 0.25) is 0 Å². The molecule has 0 bridgehead atoms. The number of carbonyl (C=O) groups is 1. The number of nitrogens with zero attached hydrogens (tertiary/aromatic N) is 3. The zero-order chi connectivity index (χ0) is 19.5. The number of amides is 1. The van der Waals surface area contributed by atoms with Crippen LogP contribution in [-0.2, 0) is 0 Å². The topological polar surface area (TPSA) is 72.8 Å². The number of hydrogen-bond acceptors (Lipinski definition) is 3. The number of nitriles is 1. The average molecular weight is 374 g/mol. The maximum absolute atomic E-state index is 13.9. The minimum Gasteiger partial charge on any atom is -0.339 e. The van der Waals surface area contributed by atoms with E-state index in [9.17, 15) is 9.18 Å². The van der Waals surface area contributed by atoms with Gasteiger partial charge in [-0.2, -0.15) is 5.26 Å². The second-order valence-electron chi connectivity index (χ2n) is 6.92. The summed E-state index contributed by atoms with van der Waals surface area (Å²) in [6.45, 7) is 1.28. The molecule has 2 heterocycles. The normalized spacial score (nSPS) is 14.6. The zero-order valence-corrected chi connectivity index (χ0v) is 15.2. The number of nitrogens with one attached hydrogen (secondary N) is 1. The van der Waals surface area contributed by atoms with E-state index in [0.29, 0.717) is 29.9 Å². The monoisotopic (exact) mass is 374 g/mol. The molecule has 1 aliphatic rings. The smallest absolute Gasteiger partial charge is 0.253 e. The number of hydrogen-bond donors (Lipinski definition) is 1. The van der Waals surface area contributed by atoms with Gasteiger partial charge in [-0.05, 0) is 36.6 Å². The first kappa shape index (κ1) is 17.9. The van der Waals surface area contributed by atoms with Crippen molar-refractivity contribution in [3.8, 4) is 17.2 Å². The molecule has 5 nitrogen and oxygen atoms in total. The number of aromatic amines is 1. The van der Waals surface area contributed by atoms with Crippen LogP contribution in [0.15, 0.2) is 54.7 Å². The molecule has 28 heavy (non-hydrogen) atoms. The fourth-order valence-electron chi connectivity index (χ4n) is 3.63. The fourth-order valence-corrected chi connectivity index (χ4v) is 3.63. The Morgan fingerprint density at radius 1 is 1.14 bits per heavy atom. The number of rotatable bonds is 3. The third kappa shape index (κ3) is 3.52. The van der Waals surface area contributed by atoms with Crippen molar-refractivity contribution in [1.29, 1.82) is 5.26 Å². The van der Waals surface area contributed by atoms with Crippen LogP contribution in [0, 0.1) is 17.1 Å². The van der Waals surface area contributed by atoms with Gasteiger partial charge in [0, 0.05) is 30.1 Å². The molecule has 1 aliphatic heterocycles. The standard InChI is InChI=1S/C22H19FN4O/c23-20-4-2-1-3-19(20)15-5-7-17(8-6-15)22(28)27-11-9-16(10-12-27)21-25-14-18(13-24)26-21/h1-8,14,16H,9-12H2,(H,25,26). The first-order valence-electron chi connectivity index (χ1n) is 9.25. The molecule has 140 valence electrons. The Labute approximate surface area is 162 Å². The minimum atomic E-state index is -0.277. The highest BCUT2D eigenvalue weighted by Crippen LogP contribution is 2.27. The molecule has 1 N–H and O–H groups in total. The lowest BCUT2D eigenvalue weighted by Crippen LogP contribution is -2.38. The van der Waals surface area contributed by atoms with Gasteiger partial charge in [-0.1, -0.05) is 30.3 Å². The average Bonchev–Trinajstić information content (AvgIpc) is 3.23. The summed E-state index contributed by atoms with van der Waals surface area (Å²) in [6.07, 6.45) is 3.15. The van der Waals surface area contributed by atoms with Gasteiger partial charge in [0.25, 0.3) is 5.91 Å². The SMILES string of the molecule is N#Cc1cnc(C2CCN(C(=O)c3ccc(-c4ccccc4F)cc3)CC2)[nH]1. The molecule has 0 saturated carbocycles. The van der Waals surface area contributed by atoms with E-state index in [2.05, 4.69) is 9.97 Å². The molecular formula is C22H19FN4O. The van der Waals surface area contributed by atoms with Gasteiger partial charge in [0.15, 0.2) is 0 Å². The van der Waals surface area contributed by atoms with E-state index >= 15 is 0 Å². The van der Waals surface area contributed by atoms with Crippen molar-refractivity contribution in [3.05, 3.63) is 77.6 Å². The Morgan fingerprint density at radius 3 is 2.50 bits per heavy atom. The first-order chi connectivity index (χ1) is 13.7. The number of carbonyl (C=O) groups excluding carboxylic acids is 1. The lowest BCUT2D eigenvalue weighted by atomic mass is 9.95. The third-order valence-electron chi connectivity index (χ3n) is 5.20. The summed E-state index contributed by atoms with van der Waals surface area (Å²) in [5.74, 6) is 0.754. The van der Waals surface area contributed by atoms with Crippen LogP contribution in [0.1, 0.15) is 40.6 Å². The summed E-state index contributed by atoms with van der Waals surface area (Å²) < 4.78 is 13.9. The Morgan fingerprint density at radius 2 is 1.86 bits per heavy atom. The van der Waals surface area contributed by atoms with E-state index in [0.717, 1.165) is 24.2 Å². The van der Waals surface area contributed by atoms with Crippen LogP contribution < -0.4 is 0 Å². The molecule has 1 amide bonds. The number of benzene rings is 2. The van der Waals surface area contributed by atoms with Gasteiger partial charge in [-0.15, -0.1) is 0 Å². The lowest BCUT2D eigenvalue weighted by molar-refractivity contribution is 0.0711. The molecule has 6 heteroatoms. The van der Waals surface area contributed by atoms with Gasteiger partial charge in [-0.3, -0.25) is 4.79 Å². The Kier molecular flexibility index (Phi) is 4.90. The molecule has 0 unspecified atom stereocenters. The van der Waals surface area contributed by atoms with Crippen molar-refractivity contribution in [3.63, 3.8) is 0 Å². The van der Waals surface area contributed by atoms with E-state index in [1.54, 1.807) is 48.7 Å². The number of aromatic nitrogens is 2. The molecule has 1 fully saturated rings. The van der Waals surface area contributed by atoms with Gasteiger partial charge in [0.2, 0.25) is 0 Å². The zero-order valence-electron chi connectivity index (χ0n) is 15.2. The second kappa shape index (κ2) is 7.65. The summed E-state index contributed by atoms with van der Waals surface area (Å²) >= 11 is 0. The van der Waals surface area contributed by atoms with Crippen molar-refractivity contribution in [2.75, 3.05) is 13.1 Å². The first-order valence-corrected chi connectivity index (χ1v) is 9.25. The van der Waals surface area contributed by atoms with E-state index in [4.69, 9.17) is 5.26 Å². The van der Waals surface area contributed by atoms with Crippen LogP contribution in [0.3, 0.4) is 0 Å². The van der Waals surface area contributed by atoms with E-state index in [1.165, 1.54) is 6.07 Å². The molecule has 4 rings (SSSR count). The van der Waals surface area contributed by atoms with Crippen molar-refractivity contribution in [1.82, 2.24) is 14.9 Å². The molecule has 2 aromatic carbocycles. The summed E-state index contributed by atoms with van der Waals surface area (Å²) in [6, 6.07) is 15.7. The van der Waals surface area contributed by atoms with Gasteiger partial charge in [-0.25, -0.2) is 9.37 Å². The number of H-pyrrole nitrogens is 1. The maximum atomic E-state index is 13.9. The van der Waals surface area contributed by atoms with Crippen molar-refractivity contribution >= 4 is 5.91 Å². The molecule has 0 spiro atoms. The summed E-state index contributed by atoms with van der Waals surface area (Å²) in [4.78, 5) is 21.9. The Bertz CT molecular complexity index is 1030. The van der Waals surface area contributed by atoms with Gasteiger partial charge < -0.3 is 9.88 Å². The van der Waals surface area contributed by atoms with E-state index in [1.807, 2.05) is 11.0 Å². The van der Waals surface area contributed by atoms with Crippen LogP contribution >= 0.6 is 0 Å². The predicted molar refractivity (Wildman–Crippen MR) is 103 cm³/mol. The number of imidazole rings is 1. The van der Waals surface area contributed by atoms with Crippen LogP contribution in [-0.4, -0.2) is 33.9 Å². The quantitative estimate of drug-likeness (QED) is 0.750. The molecule has 0 aliphatic carbocycles.